The number of hydrogen-bond donors (Lipinski definition) is 5. The van der Waals surface area contributed by atoms with Crippen LogP contribution in [0.5, 0.6) is 0 Å². The van der Waals surface area contributed by atoms with Crippen molar-refractivity contribution in [1.82, 2.24) is 15.5 Å². The van der Waals surface area contributed by atoms with Crippen molar-refractivity contribution in [3.05, 3.63) is 35.9 Å². The molecule has 35 heavy (non-hydrogen) atoms. The molecule has 11 nitrogen and oxygen atoms in total. The van der Waals surface area contributed by atoms with E-state index in [4.69, 9.17) is 11.5 Å². The normalized spacial score (nSPS) is 17.9. The van der Waals surface area contributed by atoms with Gasteiger partial charge in [0.2, 0.25) is 23.6 Å². The average Bonchev–Trinajstić information content (AvgIpc) is 3.28. The van der Waals surface area contributed by atoms with E-state index in [9.17, 15) is 29.1 Å². The van der Waals surface area contributed by atoms with Crippen LogP contribution in [0.2, 0.25) is 0 Å². The van der Waals surface area contributed by atoms with Crippen LogP contribution in [0.1, 0.15) is 45.1 Å². The van der Waals surface area contributed by atoms with E-state index in [1.807, 2.05) is 19.9 Å². The molecule has 0 radical (unpaired) electrons. The van der Waals surface area contributed by atoms with Crippen LogP contribution in [0.25, 0.3) is 0 Å². The number of nitrogens with one attached hydrogen (secondary N) is 2. The lowest BCUT2D eigenvalue weighted by Crippen LogP contribution is -2.58. The van der Waals surface area contributed by atoms with Gasteiger partial charge in [-0.05, 0) is 30.7 Å². The highest BCUT2D eigenvalue weighted by Crippen LogP contribution is 2.20. The van der Waals surface area contributed by atoms with Crippen molar-refractivity contribution in [1.29, 1.82) is 0 Å². The van der Waals surface area contributed by atoms with Gasteiger partial charge in [0.1, 0.15) is 18.1 Å². The average molecular weight is 490 g/mol. The summed E-state index contributed by atoms with van der Waals surface area (Å²) in [4.78, 5) is 63.1. The Bertz CT molecular complexity index is 922. The van der Waals surface area contributed by atoms with Gasteiger partial charge in [-0.15, -0.1) is 0 Å². The van der Waals surface area contributed by atoms with E-state index >= 15 is 0 Å². The third-order valence-corrected chi connectivity index (χ3v) is 5.82. The maximum Gasteiger partial charge on any atom is 0.326 e. The number of carbonyl (C=O) groups is 5. The molecular weight excluding hydrogens is 454 g/mol. The Morgan fingerprint density at radius 2 is 1.69 bits per heavy atom. The maximum atomic E-state index is 13.4. The van der Waals surface area contributed by atoms with Crippen molar-refractivity contribution < 1.29 is 29.1 Å². The molecule has 0 aliphatic carbocycles. The fourth-order valence-electron chi connectivity index (χ4n) is 4.10. The summed E-state index contributed by atoms with van der Waals surface area (Å²) in [6.07, 6.45) is 0.935. The van der Waals surface area contributed by atoms with Crippen LogP contribution in [0.15, 0.2) is 30.3 Å². The molecule has 0 spiro atoms. The minimum Gasteiger partial charge on any atom is -0.480 e. The van der Waals surface area contributed by atoms with Crippen LogP contribution >= 0.6 is 0 Å². The van der Waals surface area contributed by atoms with Crippen molar-refractivity contribution in [2.45, 2.75) is 70.1 Å². The topological polar surface area (TPSA) is 185 Å². The first-order valence-corrected chi connectivity index (χ1v) is 11.7. The number of carbonyl (C=O) groups excluding carboxylic acids is 4. The number of primary amides is 1. The molecule has 1 aromatic carbocycles. The van der Waals surface area contributed by atoms with Gasteiger partial charge in [0.15, 0.2) is 0 Å². The van der Waals surface area contributed by atoms with E-state index < -0.39 is 53.8 Å². The Morgan fingerprint density at radius 3 is 2.26 bits per heavy atom. The molecule has 0 bridgehead atoms. The summed E-state index contributed by atoms with van der Waals surface area (Å²) in [5.41, 5.74) is 11.6. The Morgan fingerprint density at radius 1 is 1.06 bits per heavy atom. The van der Waals surface area contributed by atoms with E-state index in [0.717, 1.165) is 5.56 Å². The molecule has 4 atom stereocenters. The van der Waals surface area contributed by atoms with E-state index in [2.05, 4.69) is 10.6 Å². The van der Waals surface area contributed by atoms with Crippen LogP contribution in [0, 0.1) is 5.92 Å². The highest BCUT2D eigenvalue weighted by Gasteiger charge is 2.38. The lowest BCUT2D eigenvalue weighted by atomic mass is 10.00. The third kappa shape index (κ3) is 8.36. The van der Waals surface area contributed by atoms with Gasteiger partial charge in [0, 0.05) is 13.0 Å². The molecule has 1 fully saturated rings. The molecule has 1 aromatic rings. The highest BCUT2D eigenvalue weighted by atomic mass is 16.4. The number of carboxylic acids is 1. The number of likely N-dealkylation sites (tertiary alicyclic amines) is 1. The lowest BCUT2D eigenvalue weighted by Gasteiger charge is -2.29. The molecule has 7 N–H and O–H groups in total. The summed E-state index contributed by atoms with van der Waals surface area (Å²) in [7, 11) is 0. The summed E-state index contributed by atoms with van der Waals surface area (Å²) >= 11 is 0. The first-order valence-electron chi connectivity index (χ1n) is 11.7. The van der Waals surface area contributed by atoms with Crippen molar-refractivity contribution >= 4 is 29.6 Å². The number of carboxylic acid groups (broad SMARTS) is 1. The second-order valence-electron chi connectivity index (χ2n) is 9.25. The molecule has 192 valence electrons. The maximum absolute atomic E-state index is 13.4. The van der Waals surface area contributed by atoms with E-state index in [1.165, 1.54) is 4.90 Å². The second kappa shape index (κ2) is 12.8. The largest absolute Gasteiger partial charge is 0.480 e. The van der Waals surface area contributed by atoms with Crippen LogP contribution in [-0.2, 0) is 30.4 Å². The quantitative estimate of drug-likeness (QED) is 0.262. The Labute approximate surface area is 204 Å². The van der Waals surface area contributed by atoms with E-state index in [1.54, 1.807) is 24.3 Å². The molecule has 1 heterocycles. The Hall–Kier alpha value is -3.47. The monoisotopic (exact) mass is 489 g/mol. The van der Waals surface area contributed by atoms with Gasteiger partial charge in [-0.25, -0.2) is 4.79 Å². The summed E-state index contributed by atoms with van der Waals surface area (Å²) in [5.74, 6) is -3.62. The Kier molecular flexibility index (Phi) is 10.2. The number of aliphatic carboxylic acids is 1. The second-order valence-corrected chi connectivity index (χ2v) is 9.25. The summed E-state index contributed by atoms with van der Waals surface area (Å²) in [6, 6.07) is 4.84. The molecule has 0 aromatic heterocycles. The summed E-state index contributed by atoms with van der Waals surface area (Å²) in [5, 5.41) is 14.8. The Balaban J connectivity index is 2.24. The van der Waals surface area contributed by atoms with Crippen molar-refractivity contribution in [3.8, 4) is 0 Å². The van der Waals surface area contributed by atoms with Gasteiger partial charge in [0.25, 0.3) is 0 Å². The van der Waals surface area contributed by atoms with Crippen molar-refractivity contribution in [2.75, 3.05) is 6.54 Å². The van der Waals surface area contributed by atoms with Crippen LogP contribution in [0.4, 0.5) is 0 Å². The lowest BCUT2D eigenvalue weighted by molar-refractivity contribution is -0.149. The minimum atomic E-state index is -1.21. The fraction of sp³-hybridized carbons (Fsp3) is 0.542. The van der Waals surface area contributed by atoms with Crippen molar-refractivity contribution in [3.63, 3.8) is 0 Å². The van der Waals surface area contributed by atoms with Gasteiger partial charge >= 0.3 is 5.97 Å². The first-order chi connectivity index (χ1) is 16.5. The van der Waals surface area contributed by atoms with Gasteiger partial charge in [0.05, 0.1) is 12.5 Å². The minimum absolute atomic E-state index is 0.0108. The van der Waals surface area contributed by atoms with Crippen molar-refractivity contribution in [2.24, 2.45) is 17.4 Å². The smallest absolute Gasteiger partial charge is 0.326 e. The van der Waals surface area contributed by atoms with Crippen LogP contribution in [-0.4, -0.2) is 70.3 Å². The summed E-state index contributed by atoms with van der Waals surface area (Å²) < 4.78 is 0. The number of benzene rings is 1. The van der Waals surface area contributed by atoms with Gasteiger partial charge in [-0.1, -0.05) is 44.2 Å². The third-order valence-electron chi connectivity index (χ3n) is 5.82. The predicted molar refractivity (Wildman–Crippen MR) is 128 cm³/mol. The highest BCUT2D eigenvalue weighted by molar-refractivity contribution is 5.95. The number of nitrogens with two attached hydrogens (primary N) is 2. The molecule has 2 rings (SSSR count). The zero-order valence-corrected chi connectivity index (χ0v) is 20.1. The standard InChI is InChI=1S/C24H35N5O6/c1-14(2)11-17(27-21(31)16(25)13-20(26)30)22(32)28-18(12-15-7-4-3-5-8-15)23(33)29-10-6-9-19(29)24(34)35/h3-5,7-8,14,16-19H,6,9-13,25H2,1-2H3,(H2,26,30)(H,27,31)(H,28,32)(H,34,35). The first kappa shape index (κ1) is 27.8. The number of hydrogen-bond acceptors (Lipinski definition) is 6. The number of amides is 4. The molecule has 1 aliphatic heterocycles. The molecule has 0 saturated carbocycles. The molecular formula is C24H35N5O6. The number of nitrogens with zero attached hydrogens (tertiary/aromatic N) is 1. The molecule has 11 heteroatoms. The van der Waals surface area contributed by atoms with Crippen LogP contribution < -0.4 is 22.1 Å². The molecule has 4 amide bonds. The fourth-order valence-corrected chi connectivity index (χ4v) is 4.10. The zero-order valence-electron chi connectivity index (χ0n) is 20.1. The molecule has 1 aliphatic rings. The van der Waals surface area contributed by atoms with E-state index in [0.29, 0.717) is 12.8 Å². The predicted octanol–water partition coefficient (Wildman–Crippen LogP) is -0.477. The van der Waals surface area contributed by atoms with Gasteiger partial charge in [-0.2, -0.15) is 0 Å². The van der Waals surface area contributed by atoms with Crippen LogP contribution in [0.3, 0.4) is 0 Å². The SMILES string of the molecule is CC(C)CC(NC(=O)C(N)CC(N)=O)C(=O)NC(Cc1ccccc1)C(=O)N1CCCC1C(=O)O. The summed E-state index contributed by atoms with van der Waals surface area (Å²) in [6.45, 7) is 4.01. The molecule has 4 unspecified atom stereocenters. The van der Waals surface area contributed by atoms with E-state index in [-0.39, 0.29) is 31.7 Å². The van der Waals surface area contributed by atoms with Gasteiger partial charge in [-0.3, -0.25) is 19.2 Å². The molecule has 1 saturated heterocycles. The van der Waals surface area contributed by atoms with Gasteiger partial charge < -0.3 is 32.1 Å². The number of rotatable bonds is 12. The zero-order chi connectivity index (χ0) is 26.1.